The van der Waals surface area contributed by atoms with Crippen LogP contribution in [0.5, 0.6) is 0 Å². The summed E-state index contributed by atoms with van der Waals surface area (Å²) in [6, 6.07) is 0.00299. The molecule has 0 amide bonds. The highest BCUT2D eigenvalue weighted by Crippen LogP contribution is 2.47. The van der Waals surface area contributed by atoms with Crippen molar-refractivity contribution < 1.29 is 14.6 Å². The molecule has 0 aromatic carbocycles. The van der Waals surface area contributed by atoms with Crippen LogP contribution in [0.4, 0.5) is 5.82 Å². The minimum atomic E-state index is -0.647. The van der Waals surface area contributed by atoms with Crippen molar-refractivity contribution in [3.8, 4) is 0 Å². The maximum atomic E-state index is 9.65. The summed E-state index contributed by atoms with van der Waals surface area (Å²) < 4.78 is 14.0. The molecule has 3 N–H and O–H groups in total. The summed E-state index contributed by atoms with van der Waals surface area (Å²) in [4.78, 5) is 12.6. The predicted molar refractivity (Wildman–Crippen MR) is 77.8 cm³/mol. The quantitative estimate of drug-likeness (QED) is 0.830. The molecule has 0 spiro atoms. The van der Waals surface area contributed by atoms with Gasteiger partial charge in [0.1, 0.15) is 17.9 Å². The maximum Gasteiger partial charge on any atom is 0.165 e. The molecule has 0 radical (unpaired) electrons. The number of nitrogens with zero attached hydrogens (tertiary/aromatic N) is 4. The van der Waals surface area contributed by atoms with Gasteiger partial charge < -0.3 is 24.9 Å². The van der Waals surface area contributed by atoms with Crippen LogP contribution in [0.2, 0.25) is 0 Å². The standard InChI is InChI=1S/C14H19N5O3/c1-14(2)21-10-7(4-20)3-8(11(10)22-14)19-6-18-9-12(15)16-5-17-13(9)19/h5-8,10-11,20H,3-4H2,1-2H3,(H2,15,16,17)/t7-,8-,10+,11-/m1/s1. The zero-order valence-corrected chi connectivity index (χ0v) is 12.5. The molecule has 1 aliphatic heterocycles. The van der Waals surface area contributed by atoms with Crippen LogP contribution in [-0.2, 0) is 9.47 Å². The third-order valence-electron chi connectivity index (χ3n) is 4.53. The second kappa shape index (κ2) is 4.61. The largest absolute Gasteiger partial charge is 0.396 e. The van der Waals surface area contributed by atoms with Crippen molar-refractivity contribution >= 4 is 17.0 Å². The smallest absolute Gasteiger partial charge is 0.165 e. The molecular weight excluding hydrogens is 286 g/mol. The van der Waals surface area contributed by atoms with E-state index in [9.17, 15) is 5.11 Å². The molecule has 4 rings (SSSR count). The Hall–Kier alpha value is -1.77. The van der Waals surface area contributed by atoms with Crippen molar-refractivity contribution in [1.29, 1.82) is 0 Å². The van der Waals surface area contributed by atoms with E-state index in [4.69, 9.17) is 15.2 Å². The molecule has 2 aromatic heterocycles. The highest BCUT2D eigenvalue weighted by molar-refractivity contribution is 5.81. The van der Waals surface area contributed by atoms with E-state index in [-0.39, 0.29) is 30.8 Å². The molecule has 1 saturated heterocycles. The van der Waals surface area contributed by atoms with Gasteiger partial charge in [0.05, 0.1) is 18.5 Å². The summed E-state index contributed by atoms with van der Waals surface area (Å²) in [5.41, 5.74) is 7.12. The first-order chi connectivity index (χ1) is 10.5. The first-order valence-electron chi connectivity index (χ1n) is 7.39. The van der Waals surface area contributed by atoms with E-state index in [1.165, 1.54) is 6.33 Å². The van der Waals surface area contributed by atoms with E-state index in [2.05, 4.69) is 15.0 Å². The van der Waals surface area contributed by atoms with Crippen molar-refractivity contribution in [2.75, 3.05) is 12.3 Å². The highest BCUT2D eigenvalue weighted by atomic mass is 16.8. The lowest BCUT2D eigenvalue weighted by atomic mass is 10.1. The SMILES string of the molecule is CC1(C)O[C@H]2[C@@H](CO)C[C@@H](n3cnc4c(N)ncnc43)[C@H]2O1. The molecule has 3 heterocycles. The van der Waals surface area contributed by atoms with E-state index in [0.29, 0.717) is 17.0 Å². The number of aliphatic hydroxyl groups excluding tert-OH is 1. The Labute approximate surface area is 127 Å². The molecule has 8 nitrogen and oxygen atoms in total. The fraction of sp³-hybridized carbons (Fsp3) is 0.643. The van der Waals surface area contributed by atoms with Gasteiger partial charge in [-0.2, -0.15) is 0 Å². The zero-order chi connectivity index (χ0) is 15.5. The van der Waals surface area contributed by atoms with Gasteiger partial charge in [-0.15, -0.1) is 0 Å². The maximum absolute atomic E-state index is 9.65. The number of nitrogens with two attached hydrogens (primary N) is 1. The Balaban J connectivity index is 1.77. The molecule has 22 heavy (non-hydrogen) atoms. The number of imidazole rings is 1. The molecule has 2 aliphatic rings. The Kier molecular flexibility index (Phi) is 2.91. The van der Waals surface area contributed by atoms with Crippen molar-refractivity contribution in [1.82, 2.24) is 19.5 Å². The Morgan fingerprint density at radius 1 is 1.32 bits per heavy atom. The third-order valence-corrected chi connectivity index (χ3v) is 4.53. The molecule has 8 heteroatoms. The van der Waals surface area contributed by atoms with Crippen LogP contribution in [0.25, 0.3) is 11.2 Å². The third kappa shape index (κ3) is 1.91. The van der Waals surface area contributed by atoms with Gasteiger partial charge >= 0.3 is 0 Å². The lowest BCUT2D eigenvalue weighted by molar-refractivity contribution is -0.161. The van der Waals surface area contributed by atoms with Crippen LogP contribution >= 0.6 is 0 Å². The van der Waals surface area contributed by atoms with E-state index in [1.54, 1.807) is 6.33 Å². The molecule has 4 atom stereocenters. The minimum absolute atomic E-state index is 0.00299. The van der Waals surface area contributed by atoms with Gasteiger partial charge in [-0.3, -0.25) is 0 Å². The number of nitrogen functional groups attached to an aromatic ring is 1. The average molecular weight is 305 g/mol. The highest BCUT2D eigenvalue weighted by Gasteiger charge is 2.54. The minimum Gasteiger partial charge on any atom is -0.396 e. The van der Waals surface area contributed by atoms with Gasteiger partial charge in [-0.1, -0.05) is 0 Å². The van der Waals surface area contributed by atoms with Crippen LogP contribution in [0.1, 0.15) is 26.3 Å². The molecular formula is C14H19N5O3. The van der Waals surface area contributed by atoms with Crippen LogP contribution in [-0.4, -0.2) is 49.2 Å². The number of hydrogen-bond acceptors (Lipinski definition) is 7. The number of rotatable bonds is 2. The molecule has 0 bridgehead atoms. The lowest BCUT2D eigenvalue weighted by Gasteiger charge is -2.23. The van der Waals surface area contributed by atoms with Crippen LogP contribution in [0, 0.1) is 5.92 Å². The first-order valence-corrected chi connectivity index (χ1v) is 7.39. The van der Waals surface area contributed by atoms with Crippen LogP contribution in [0.15, 0.2) is 12.7 Å². The van der Waals surface area contributed by atoms with Gasteiger partial charge in [-0.25, -0.2) is 15.0 Å². The molecule has 1 saturated carbocycles. The summed E-state index contributed by atoms with van der Waals surface area (Å²) in [6.45, 7) is 3.85. The summed E-state index contributed by atoms with van der Waals surface area (Å²) in [6.07, 6.45) is 3.63. The zero-order valence-electron chi connectivity index (χ0n) is 12.5. The average Bonchev–Trinajstić information content (AvgIpc) is 3.10. The summed E-state index contributed by atoms with van der Waals surface area (Å²) in [7, 11) is 0. The van der Waals surface area contributed by atoms with Crippen LogP contribution in [0.3, 0.4) is 0 Å². The number of hydrogen-bond donors (Lipinski definition) is 2. The van der Waals surface area contributed by atoms with Gasteiger partial charge in [0.25, 0.3) is 0 Å². The van der Waals surface area contributed by atoms with Gasteiger partial charge in [0, 0.05) is 12.5 Å². The normalized spacial score (nSPS) is 33.4. The lowest BCUT2D eigenvalue weighted by Crippen LogP contribution is -2.27. The fourth-order valence-corrected chi connectivity index (χ4v) is 3.62. The van der Waals surface area contributed by atoms with E-state index >= 15 is 0 Å². The van der Waals surface area contributed by atoms with Gasteiger partial charge in [0.15, 0.2) is 17.3 Å². The van der Waals surface area contributed by atoms with Gasteiger partial charge in [-0.05, 0) is 20.3 Å². The second-order valence-corrected chi connectivity index (χ2v) is 6.39. The van der Waals surface area contributed by atoms with E-state index < -0.39 is 5.79 Å². The monoisotopic (exact) mass is 305 g/mol. The first kappa shape index (κ1) is 13.9. The summed E-state index contributed by atoms with van der Waals surface area (Å²) in [5.74, 6) is -0.249. The number of ether oxygens (including phenoxy) is 2. The Bertz CT molecular complexity index is 716. The topological polar surface area (TPSA) is 108 Å². The number of aliphatic hydroxyl groups is 1. The number of aromatic nitrogens is 4. The molecule has 118 valence electrons. The van der Waals surface area contributed by atoms with Crippen molar-refractivity contribution in [3.05, 3.63) is 12.7 Å². The van der Waals surface area contributed by atoms with Crippen LogP contribution < -0.4 is 5.73 Å². The van der Waals surface area contributed by atoms with E-state index in [1.807, 2.05) is 18.4 Å². The van der Waals surface area contributed by atoms with E-state index in [0.717, 1.165) is 6.42 Å². The Morgan fingerprint density at radius 2 is 2.09 bits per heavy atom. The number of anilines is 1. The van der Waals surface area contributed by atoms with Gasteiger partial charge in [0.2, 0.25) is 0 Å². The van der Waals surface area contributed by atoms with Crippen molar-refractivity contribution in [3.63, 3.8) is 0 Å². The fourth-order valence-electron chi connectivity index (χ4n) is 3.62. The van der Waals surface area contributed by atoms with Crippen molar-refractivity contribution in [2.45, 2.75) is 44.3 Å². The summed E-state index contributed by atoms with van der Waals surface area (Å²) >= 11 is 0. The molecule has 1 aliphatic carbocycles. The molecule has 0 unspecified atom stereocenters. The second-order valence-electron chi connectivity index (χ2n) is 6.39. The number of fused-ring (bicyclic) bond motifs is 2. The summed E-state index contributed by atoms with van der Waals surface area (Å²) in [5, 5.41) is 9.65. The molecule has 2 aromatic rings. The predicted octanol–water partition coefficient (Wildman–Crippen LogP) is 0.482. The molecule has 2 fully saturated rings. The van der Waals surface area contributed by atoms with Crippen molar-refractivity contribution in [2.24, 2.45) is 5.92 Å². The Morgan fingerprint density at radius 3 is 2.86 bits per heavy atom.